The van der Waals surface area contributed by atoms with E-state index in [1.54, 1.807) is 0 Å². The van der Waals surface area contributed by atoms with Gasteiger partial charge in [-0.05, 0) is 18.2 Å². The van der Waals surface area contributed by atoms with Crippen LogP contribution in [0.4, 0.5) is 11.4 Å². The van der Waals surface area contributed by atoms with E-state index in [1.807, 2.05) is 23.9 Å². The lowest BCUT2D eigenvalue weighted by Crippen LogP contribution is -2.12. The highest BCUT2D eigenvalue weighted by atomic mass is 15.3. The molecule has 108 valence electrons. The second kappa shape index (κ2) is 5.48. The Morgan fingerprint density at radius 2 is 1.76 bits per heavy atom. The maximum absolute atomic E-state index is 4.62. The van der Waals surface area contributed by atoms with E-state index < -0.39 is 0 Å². The van der Waals surface area contributed by atoms with Gasteiger partial charge in [0.05, 0.1) is 29.1 Å². The van der Waals surface area contributed by atoms with Gasteiger partial charge >= 0.3 is 0 Å². The molecule has 4 heteroatoms. The molecule has 3 aromatic rings. The van der Waals surface area contributed by atoms with Crippen LogP contribution in [0.2, 0.25) is 0 Å². The number of para-hydroxylation sites is 3. The van der Waals surface area contributed by atoms with Crippen LogP contribution in [0.1, 0.15) is 5.69 Å². The maximum Gasteiger partial charge on any atom is 0.0894 e. The van der Waals surface area contributed by atoms with Crippen molar-refractivity contribution in [1.82, 2.24) is 9.78 Å². The van der Waals surface area contributed by atoms with Gasteiger partial charge in [0.2, 0.25) is 0 Å². The van der Waals surface area contributed by atoms with Gasteiger partial charge in [-0.15, -0.1) is 0 Å². The average molecular weight is 280 g/mol. The number of nitrogens with zero attached hydrogens (tertiary/aromatic N) is 3. The number of rotatable bonds is 4. The molecule has 0 spiro atoms. The minimum atomic E-state index is 0.714. The molecule has 0 unspecified atom stereocenters. The molecule has 0 aliphatic carbocycles. The molecule has 0 radical (unpaired) electrons. The molecule has 0 atom stereocenters. The monoisotopic (exact) mass is 280 g/mol. The minimum Gasteiger partial charge on any atom is -0.378 e. The average Bonchev–Trinajstić information content (AvgIpc) is 2.82. The highest BCUT2D eigenvalue weighted by molar-refractivity contribution is 5.82. The molecule has 21 heavy (non-hydrogen) atoms. The summed E-state index contributed by atoms with van der Waals surface area (Å²) >= 11 is 0. The number of benzene rings is 2. The number of nitrogens with one attached hydrogen (secondary N) is 1. The Morgan fingerprint density at radius 3 is 2.57 bits per heavy atom. The van der Waals surface area contributed by atoms with E-state index in [-0.39, 0.29) is 0 Å². The number of fused-ring (bicyclic) bond motifs is 1. The Hall–Kier alpha value is -2.49. The van der Waals surface area contributed by atoms with Crippen molar-refractivity contribution >= 4 is 22.3 Å². The fourth-order valence-corrected chi connectivity index (χ4v) is 2.61. The van der Waals surface area contributed by atoms with Crippen LogP contribution in [0.3, 0.4) is 0 Å². The molecule has 0 amide bonds. The zero-order valence-electron chi connectivity index (χ0n) is 12.7. The Balaban J connectivity index is 1.88. The Bertz CT molecular complexity index is 758. The second-order valence-corrected chi connectivity index (χ2v) is 5.35. The zero-order chi connectivity index (χ0) is 14.8. The fraction of sp³-hybridized carbons (Fsp3) is 0.235. The first kappa shape index (κ1) is 13.5. The topological polar surface area (TPSA) is 33.1 Å². The van der Waals surface area contributed by atoms with Crippen LogP contribution in [0.25, 0.3) is 10.9 Å². The normalized spacial score (nSPS) is 10.8. The molecular formula is C17H20N4. The van der Waals surface area contributed by atoms with Crippen molar-refractivity contribution in [3.8, 4) is 0 Å². The van der Waals surface area contributed by atoms with Crippen molar-refractivity contribution in [2.75, 3.05) is 24.3 Å². The first-order chi connectivity index (χ1) is 10.2. The van der Waals surface area contributed by atoms with Crippen molar-refractivity contribution < 1.29 is 0 Å². The van der Waals surface area contributed by atoms with E-state index in [4.69, 9.17) is 0 Å². The van der Waals surface area contributed by atoms with E-state index in [1.165, 1.54) is 11.1 Å². The zero-order valence-corrected chi connectivity index (χ0v) is 12.7. The molecule has 0 fully saturated rings. The highest BCUT2D eigenvalue weighted by Gasteiger charge is 2.09. The van der Waals surface area contributed by atoms with Crippen LogP contribution >= 0.6 is 0 Å². The minimum absolute atomic E-state index is 0.714. The van der Waals surface area contributed by atoms with E-state index in [0.29, 0.717) is 6.54 Å². The Labute approximate surface area is 125 Å². The summed E-state index contributed by atoms with van der Waals surface area (Å²) in [4.78, 5) is 2.11. The number of anilines is 2. The van der Waals surface area contributed by atoms with Gasteiger partial charge in [0, 0.05) is 26.5 Å². The van der Waals surface area contributed by atoms with Gasteiger partial charge in [-0.25, -0.2) is 0 Å². The summed E-state index contributed by atoms with van der Waals surface area (Å²) in [5, 5.41) is 9.32. The van der Waals surface area contributed by atoms with Gasteiger partial charge in [-0.3, -0.25) is 4.68 Å². The van der Waals surface area contributed by atoms with Gasteiger partial charge in [-0.1, -0.05) is 30.3 Å². The molecule has 1 aromatic heterocycles. The second-order valence-electron chi connectivity index (χ2n) is 5.35. The van der Waals surface area contributed by atoms with E-state index in [2.05, 4.69) is 65.8 Å². The molecule has 0 saturated carbocycles. The Kier molecular flexibility index (Phi) is 3.52. The van der Waals surface area contributed by atoms with Crippen molar-refractivity contribution in [2.24, 2.45) is 7.05 Å². The molecular weight excluding hydrogens is 260 g/mol. The maximum atomic E-state index is 4.62. The van der Waals surface area contributed by atoms with Crippen molar-refractivity contribution in [2.45, 2.75) is 6.54 Å². The molecule has 2 aromatic carbocycles. The van der Waals surface area contributed by atoms with Crippen LogP contribution in [0.5, 0.6) is 0 Å². The molecule has 0 aliphatic rings. The first-order valence-corrected chi connectivity index (χ1v) is 7.07. The standard InChI is InChI=1S/C17H20N4/c1-20(2)17-11-7-5-9-14(17)18-12-15-13-8-4-6-10-16(13)21(3)19-15/h4-11,18H,12H2,1-3H3. The number of hydrogen-bond acceptors (Lipinski definition) is 3. The van der Waals surface area contributed by atoms with Crippen LogP contribution in [0, 0.1) is 0 Å². The Morgan fingerprint density at radius 1 is 1.05 bits per heavy atom. The van der Waals surface area contributed by atoms with Gasteiger partial charge in [0.1, 0.15) is 0 Å². The fourth-order valence-electron chi connectivity index (χ4n) is 2.61. The summed E-state index contributed by atoms with van der Waals surface area (Å²) < 4.78 is 1.93. The van der Waals surface area contributed by atoms with Crippen LogP contribution < -0.4 is 10.2 Å². The van der Waals surface area contributed by atoms with Crippen molar-refractivity contribution in [1.29, 1.82) is 0 Å². The molecule has 3 rings (SSSR count). The third-order valence-corrected chi connectivity index (χ3v) is 3.67. The largest absolute Gasteiger partial charge is 0.378 e. The van der Waals surface area contributed by atoms with Crippen LogP contribution in [-0.4, -0.2) is 23.9 Å². The van der Waals surface area contributed by atoms with Gasteiger partial charge < -0.3 is 10.2 Å². The van der Waals surface area contributed by atoms with Crippen molar-refractivity contribution in [3.05, 3.63) is 54.2 Å². The molecule has 1 N–H and O–H groups in total. The van der Waals surface area contributed by atoms with Crippen LogP contribution in [-0.2, 0) is 13.6 Å². The number of aryl methyl sites for hydroxylation is 1. The van der Waals surface area contributed by atoms with E-state index >= 15 is 0 Å². The third-order valence-electron chi connectivity index (χ3n) is 3.67. The lowest BCUT2D eigenvalue weighted by atomic mass is 10.2. The molecule has 0 saturated heterocycles. The molecule has 1 heterocycles. The SMILES string of the molecule is CN(C)c1ccccc1NCc1nn(C)c2ccccc12. The first-order valence-electron chi connectivity index (χ1n) is 7.07. The summed E-state index contributed by atoms with van der Waals surface area (Å²) in [5.41, 5.74) is 4.53. The third kappa shape index (κ3) is 2.57. The molecule has 0 bridgehead atoms. The number of aromatic nitrogens is 2. The van der Waals surface area contributed by atoms with Gasteiger partial charge in [0.25, 0.3) is 0 Å². The summed E-state index contributed by atoms with van der Waals surface area (Å²) in [6.45, 7) is 0.714. The molecule has 4 nitrogen and oxygen atoms in total. The highest BCUT2D eigenvalue weighted by Crippen LogP contribution is 2.25. The lowest BCUT2D eigenvalue weighted by molar-refractivity contribution is 0.771. The predicted molar refractivity (Wildman–Crippen MR) is 88.8 cm³/mol. The summed E-state index contributed by atoms with van der Waals surface area (Å²) in [5.74, 6) is 0. The van der Waals surface area contributed by atoms with Gasteiger partial charge in [-0.2, -0.15) is 5.10 Å². The van der Waals surface area contributed by atoms with Gasteiger partial charge in [0.15, 0.2) is 0 Å². The lowest BCUT2D eigenvalue weighted by Gasteiger charge is -2.18. The summed E-state index contributed by atoms with van der Waals surface area (Å²) in [6.07, 6.45) is 0. The predicted octanol–water partition coefficient (Wildman–Crippen LogP) is 3.25. The van der Waals surface area contributed by atoms with E-state index in [9.17, 15) is 0 Å². The molecule has 0 aliphatic heterocycles. The summed E-state index contributed by atoms with van der Waals surface area (Å²) in [7, 11) is 6.09. The van der Waals surface area contributed by atoms with Crippen LogP contribution in [0.15, 0.2) is 48.5 Å². The van der Waals surface area contributed by atoms with Crippen molar-refractivity contribution in [3.63, 3.8) is 0 Å². The smallest absolute Gasteiger partial charge is 0.0894 e. The number of hydrogen-bond donors (Lipinski definition) is 1. The summed E-state index contributed by atoms with van der Waals surface area (Å²) in [6, 6.07) is 16.6. The van der Waals surface area contributed by atoms with E-state index in [0.717, 1.165) is 16.9 Å². The quantitative estimate of drug-likeness (QED) is 0.796.